The van der Waals surface area contributed by atoms with Crippen molar-refractivity contribution in [1.82, 2.24) is 4.90 Å². The molecule has 1 unspecified atom stereocenters. The van der Waals surface area contributed by atoms with Crippen LogP contribution in [0.3, 0.4) is 0 Å². The Bertz CT molecular complexity index is 200. The van der Waals surface area contributed by atoms with Crippen LogP contribution in [0.15, 0.2) is 0 Å². The van der Waals surface area contributed by atoms with E-state index in [0.29, 0.717) is 11.0 Å². The summed E-state index contributed by atoms with van der Waals surface area (Å²) in [7, 11) is 2.21. The summed E-state index contributed by atoms with van der Waals surface area (Å²) >= 11 is 4.99. The summed E-state index contributed by atoms with van der Waals surface area (Å²) in [6.07, 6.45) is 7.67. The predicted molar refractivity (Wildman–Crippen MR) is 70.1 cm³/mol. The molecule has 0 aromatic heterocycles. The van der Waals surface area contributed by atoms with E-state index >= 15 is 0 Å². The van der Waals surface area contributed by atoms with E-state index in [9.17, 15) is 0 Å². The van der Waals surface area contributed by atoms with Crippen molar-refractivity contribution in [1.29, 1.82) is 0 Å². The van der Waals surface area contributed by atoms with Gasteiger partial charge in [-0.3, -0.25) is 0 Å². The molecule has 0 radical (unpaired) electrons. The number of nitrogens with two attached hydrogens (primary N) is 1. The zero-order chi connectivity index (χ0) is 11.3. The number of thiocarbonyl (C=S) groups is 1. The lowest BCUT2D eigenvalue weighted by Crippen LogP contribution is -2.37. The third kappa shape index (κ3) is 4.47. The van der Waals surface area contributed by atoms with Gasteiger partial charge < -0.3 is 10.6 Å². The lowest BCUT2D eigenvalue weighted by atomic mass is 10.0. The molecule has 1 saturated carbocycles. The van der Waals surface area contributed by atoms with Crippen molar-refractivity contribution in [2.45, 2.75) is 51.5 Å². The maximum atomic E-state index is 5.62. The van der Waals surface area contributed by atoms with Gasteiger partial charge in [0, 0.05) is 19.0 Å². The second-order valence-corrected chi connectivity index (χ2v) is 5.35. The molecule has 0 aliphatic heterocycles. The van der Waals surface area contributed by atoms with Crippen LogP contribution < -0.4 is 5.73 Å². The zero-order valence-electron chi connectivity index (χ0n) is 10.0. The van der Waals surface area contributed by atoms with Crippen molar-refractivity contribution in [3.63, 3.8) is 0 Å². The summed E-state index contributed by atoms with van der Waals surface area (Å²) in [5.41, 5.74) is 5.62. The molecule has 0 aromatic rings. The summed E-state index contributed by atoms with van der Waals surface area (Å²) < 4.78 is 0. The number of hydrogen-bond acceptors (Lipinski definition) is 2. The Kier molecular flexibility index (Phi) is 5.54. The molecule has 0 saturated heterocycles. The number of hydrogen-bond donors (Lipinski definition) is 1. The van der Waals surface area contributed by atoms with Crippen LogP contribution in [0.2, 0.25) is 0 Å². The smallest absolute Gasteiger partial charge is 0.0743 e. The Hall–Kier alpha value is -0.150. The van der Waals surface area contributed by atoms with Gasteiger partial charge in [-0.05, 0) is 32.2 Å². The Morgan fingerprint density at radius 3 is 2.53 bits per heavy atom. The fraction of sp³-hybridized carbons (Fsp3) is 0.917. The van der Waals surface area contributed by atoms with Gasteiger partial charge in [0.15, 0.2) is 0 Å². The minimum absolute atomic E-state index is 0.545. The second kappa shape index (κ2) is 6.44. The van der Waals surface area contributed by atoms with Gasteiger partial charge in [0.2, 0.25) is 0 Å². The first-order valence-electron chi connectivity index (χ1n) is 6.12. The van der Waals surface area contributed by atoms with Crippen LogP contribution in [0, 0.1) is 5.92 Å². The quantitative estimate of drug-likeness (QED) is 0.709. The molecule has 0 heterocycles. The lowest BCUT2D eigenvalue weighted by Gasteiger charge is -2.29. The topological polar surface area (TPSA) is 29.3 Å². The first kappa shape index (κ1) is 12.9. The zero-order valence-corrected chi connectivity index (χ0v) is 10.9. The Morgan fingerprint density at radius 2 is 2.07 bits per heavy atom. The minimum atomic E-state index is 0.545. The van der Waals surface area contributed by atoms with Crippen molar-refractivity contribution < 1.29 is 0 Å². The van der Waals surface area contributed by atoms with Crippen molar-refractivity contribution in [2.24, 2.45) is 11.7 Å². The van der Waals surface area contributed by atoms with Crippen LogP contribution in [0.1, 0.15) is 45.4 Å². The van der Waals surface area contributed by atoms with E-state index in [1.807, 2.05) is 0 Å². The first-order valence-corrected chi connectivity index (χ1v) is 6.52. The lowest BCUT2D eigenvalue weighted by molar-refractivity contribution is 0.206. The van der Waals surface area contributed by atoms with E-state index in [0.717, 1.165) is 18.8 Å². The largest absolute Gasteiger partial charge is 0.393 e. The molecule has 15 heavy (non-hydrogen) atoms. The molecule has 0 spiro atoms. The van der Waals surface area contributed by atoms with Crippen LogP contribution in [0.25, 0.3) is 0 Å². The van der Waals surface area contributed by atoms with E-state index in [4.69, 9.17) is 18.0 Å². The van der Waals surface area contributed by atoms with Crippen molar-refractivity contribution in [2.75, 3.05) is 13.6 Å². The van der Waals surface area contributed by atoms with Gasteiger partial charge in [0.1, 0.15) is 0 Å². The van der Waals surface area contributed by atoms with E-state index in [1.54, 1.807) is 0 Å². The number of rotatable bonds is 6. The molecule has 0 amide bonds. The molecule has 1 atom stereocenters. The average molecular weight is 228 g/mol. The minimum Gasteiger partial charge on any atom is -0.393 e. The van der Waals surface area contributed by atoms with E-state index in [-0.39, 0.29) is 0 Å². The summed E-state index contributed by atoms with van der Waals surface area (Å²) in [6.45, 7) is 3.44. The third-order valence-electron chi connectivity index (χ3n) is 3.55. The molecular formula is C12H24N2S. The first-order chi connectivity index (χ1) is 7.13. The van der Waals surface area contributed by atoms with Crippen LogP contribution in [0.4, 0.5) is 0 Å². The highest BCUT2D eigenvalue weighted by molar-refractivity contribution is 7.80. The molecular weight excluding hydrogens is 204 g/mol. The van der Waals surface area contributed by atoms with Gasteiger partial charge >= 0.3 is 0 Å². The van der Waals surface area contributed by atoms with Crippen molar-refractivity contribution in [3.05, 3.63) is 0 Å². The van der Waals surface area contributed by atoms with Gasteiger partial charge in [-0.25, -0.2) is 0 Å². The summed E-state index contributed by atoms with van der Waals surface area (Å²) in [6, 6.07) is 0.545. The molecule has 1 rings (SSSR count). The van der Waals surface area contributed by atoms with Gasteiger partial charge in [0.05, 0.1) is 4.99 Å². The second-order valence-electron chi connectivity index (χ2n) is 4.82. The van der Waals surface area contributed by atoms with Gasteiger partial charge in [0.25, 0.3) is 0 Å². The highest BCUT2D eigenvalue weighted by atomic mass is 32.1. The van der Waals surface area contributed by atoms with Crippen molar-refractivity contribution in [3.8, 4) is 0 Å². The third-order valence-corrected chi connectivity index (χ3v) is 3.72. The van der Waals surface area contributed by atoms with E-state index < -0.39 is 0 Å². The van der Waals surface area contributed by atoms with Crippen LogP contribution >= 0.6 is 12.2 Å². The summed E-state index contributed by atoms with van der Waals surface area (Å²) in [4.78, 5) is 3.11. The molecule has 3 heteroatoms. The van der Waals surface area contributed by atoms with Gasteiger partial charge in [-0.2, -0.15) is 0 Å². The van der Waals surface area contributed by atoms with E-state index in [2.05, 4.69) is 18.9 Å². The molecule has 1 fully saturated rings. The van der Waals surface area contributed by atoms with Crippen LogP contribution in [0.5, 0.6) is 0 Å². The van der Waals surface area contributed by atoms with E-state index in [1.165, 1.54) is 32.2 Å². The predicted octanol–water partition coefficient (Wildman–Crippen LogP) is 2.56. The molecule has 0 aromatic carbocycles. The highest BCUT2D eigenvalue weighted by Gasteiger charge is 2.20. The highest BCUT2D eigenvalue weighted by Crippen LogP contribution is 2.26. The van der Waals surface area contributed by atoms with Crippen LogP contribution in [-0.2, 0) is 0 Å². The molecule has 1 aliphatic carbocycles. The van der Waals surface area contributed by atoms with Gasteiger partial charge in [-0.1, -0.05) is 32.0 Å². The molecule has 0 bridgehead atoms. The summed E-state index contributed by atoms with van der Waals surface area (Å²) in [5.74, 6) is 0.912. The fourth-order valence-electron chi connectivity index (χ4n) is 2.59. The maximum absolute atomic E-state index is 5.62. The van der Waals surface area contributed by atoms with Gasteiger partial charge in [-0.15, -0.1) is 0 Å². The fourth-order valence-corrected chi connectivity index (χ4v) is 2.79. The molecule has 2 nitrogen and oxygen atoms in total. The summed E-state index contributed by atoms with van der Waals surface area (Å²) in [5, 5.41) is 0. The Balaban J connectivity index is 2.34. The SMILES string of the molecule is CCC(CC(N)=S)N(C)CC1CCCC1. The normalized spacial score (nSPS) is 19.7. The molecule has 88 valence electrons. The average Bonchev–Trinajstić information content (AvgIpc) is 2.66. The standard InChI is InChI=1S/C12H24N2S/c1-3-11(8-12(13)15)14(2)9-10-6-4-5-7-10/h10-11H,3-9H2,1-2H3,(H2,13,15). The molecule has 1 aliphatic rings. The van der Waals surface area contributed by atoms with Crippen LogP contribution in [-0.4, -0.2) is 29.5 Å². The monoisotopic (exact) mass is 228 g/mol. The molecule has 2 N–H and O–H groups in total. The Labute approximate surface area is 99.2 Å². The Morgan fingerprint density at radius 1 is 1.47 bits per heavy atom. The van der Waals surface area contributed by atoms with Crippen molar-refractivity contribution >= 4 is 17.2 Å². The number of nitrogens with zero attached hydrogens (tertiary/aromatic N) is 1. The maximum Gasteiger partial charge on any atom is 0.0743 e.